The van der Waals surface area contributed by atoms with Gasteiger partial charge in [-0.1, -0.05) is 25.6 Å². The molecule has 0 saturated heterocycles. The van der Waals surface area contributed by atoms with Gasteiger partial charge in [0.15, 0.2) is 0 Å². The molecule has 0 aromatic carbocycles. The van der Waals surface area contributed by atoms with E-state index in [0.717, 1.165) is 10.7 Å². The topological polar surface area (TPSA) is 62.3 Å². The van der Waals surface area contributed by atoms with Crippen LogP contribution < -0.4 is 10.2 Å². The standard InChI is InChI=1S/C15H21N3O2S/c1-4-18-11-6-5-7-16-14(11)21-12(15(18)20)8-13(19)17-9-10(2)3/h5-7,10,12H,4,8-9H2,1-3H3,(H,17,19). The van der Waals surface area contributed by atoms with Gasteiger partial charge in [0.2, 0.25) is 11.8 Å². The minimum absolute atomic E-state index is 0.0114. The van der Waals surface area contributed by atoms with Gasteiger partial charge in [0.05, 0.1) is 10.9 Å². The van der Waals surface area contributed by atoms with Gasteiger partial charge in [-0.05, 0) is 25.0 Å². The third-order valence-corrected chi connectivity index (χ3v) is 4.42. The summed E-state index contributed by atoms with van der Waals surface area (Å²) < 4.78 is 0. The van der Waals surface area contributed by atoms with Gasteiger partial charge in [-0.3, -0.25) is 9.59 Å². The SMILES string of the molecule is CCN1C(=O)C(CC(=O)NCC(C)C)Sc2ncccc21. The second kappa shape index (κ2) is 6.93. The van der Waals surface area contributed by atoms with Crippen LogP contribution in [-0.2, 0) is 9.59 Å². The van der Waals surface area contributed by atoms with Gasteiger partial charge in [0.1, 0.15) is 5.03 Å². The first kappa shape index (κ1) is 15.8. The monoisotopic (exact) mass is 307 g/mol. The zero-order valence-corrected chi connectivity index (χ0v) is 13.4. The first-order valence-electron chi connectivity index (χ1n) is 7.22. The Morgan fingerprint density at radius 2 is 2.29 bits per heavy atom. The first-order chi connectivity index (χ1) is 10.0. The lowest BCUT2D eigenvalue weighted by atomic mass is 10.2. The number of thioether (sulfide) groups is 1. The van der Waals surface area contributed by atoms with Crippen LogP contribution in [0, 0.1) is 5.92 Å². The number of carbonyl (C=O) groups excluding carboxylic acids is 2. The van der Waals surface area contributed by atoms with E-state index in [1.807, 2.05) is 32.9 Å². The number of hydrogen-bond acceptors (Lipinski definition) is 4. The zero-order chi connectivity index (χ0) is 15.4. The third kappa shape index (κ3) is 3.75. The van der Waals surface area contributed by atoms with Crippen molar-refractivity contribution >= 4 is 29.3 Å². The predicted molar refractivity (Wildman–Crippen MR) is 84.4 cm³/mol. The maximum absolute atomic E-state index is 12.5. The van der Waals surface area contributed by atoms with Gasteiger partial charge in [-0.15, -0.1) is 0 Å². The number of aromatic nitrogens is 1. The van der Waals surface area contributed by atoms with E-state index in [-0.39, 0.29) is 23.5 Å². The number of anilines is 1. The second-order valence-corrected chi connectivity index (χ2v) is 6.61. The highest BCUT2D eigenvalue weighted by Crippen LogP contribution is 2.38. The fraction of sp³-hybridized carbons (Fsp3) is 0.533. The molecule has 0 radical (unpaired) electrons. The van der Waals surface area contributed by atoms with Crippen molar-refractivity contribution < 1.29 is 9.59 Å². The van der Waals surface area contributed by atoms with Gasteiger partial charge >= 0.3 is 0 Å². The number of pyridine rings is 1. The lowest BCUT2D eigenvalue weighted by molar-refractivity contribution is -0.125. The smallest absolute Gasteiger partial charge is 0.241 e. The lowest BCUT2D eigenvalue weighted by Gasteiger charge is -2.31. The van der Waals surface area contributed by atoms with Gasteiger partial charge in [-0.25, -0.2) is 4.98 Å². The van der Waals surface area contributed by atoms with Gasteiger partial charge in [0, 0.05) is 25.7 Å². The molecular formula is C15H21N3O2S. The van der Waals surface area contributed by atoms with Crippen molar-refractivity contribution in [3.05, 3.63) is 18.3 Å². The van der Waals surface area contributed by atoms with Gasteiger partial charge in [0.25, 0.3) is 0 Å². The van der Waals surface area contributed by atoms with Crippen LogP contribution in [0.1, 0.15) is 27.2 Å². The fourth-order valence-corrected chi connectivity index (χ4v) is 3.32. The molecule has 1 N–H and O–H groups in total. The van der Waals surface area contributed by atoms with E-state index in [1.165, 1.54) is 11.8 Å². The highest BCUT2D eigenvalue weighted by molar-refractivity contribution is 8.00. The quantitative estimate of drug-likeness (QED) is 0.904. The molecule has 2 heterocycles. The molecule has 21 heavy (non-hydrogen) atoms. The van der Waals surface area contributed by atoms with Crippen molar-refractivity contribution in [1.82, 2.24) is 10.3 Å². The first-order valence-corrected chi connectivity index (χ1v) is 8.10. The van der Waals surface area contributed by atoms with Crippen molar-refractivity contribution in [2.24, 2.45) is 5.92 Å². The molecule has 6 heteroatoms. The molecule has 1 aliphatic rings. The number of hydrogen-bond donors (Lipinski definition) is 1. The molecule has 1 unspecified atom stereocenters. The molecule has 1 aromatic heterocycles. The Kier molecular flexibility index (Phi) is 5.22. The minimum atomic E-state index is -0.389. The molecule has 0 spiro atoms. The average molecular weight is 307 g/mol. The molecule has 1 atom stereocenters. The van der Waals surface area contributed by atoms with Crippen molar-refractivity contribution in [2.45, 2.75) is 37.5 Å². The van der Waals surface area contributed by atoms with Crippen molar-refractivity contribution in [3.63, 3.8) is 0 Å². The van der Waals surface area contributed by atoms with Gasteiger partial charge in [-0.2, -0.15) is 0 Å². The van der Waals surface area contributed by atoms with Crippen LogP contribution in [0.2, 0.25) is 0 Å². The Labute approximate surface area is 129 Å². The van der Waals surface area contributed by atoms with E-state index in [4.69, 9.17) is 0 Å². The average Bonchev–Trinajstić information content (AvgIpc) is 2.46. The summed E-state index contributed by atoms with van der Waals surface area (Å²) >= 11 is 1.38. The number of fused-ring (bicyclic) bond motifs is 1. The summed E-state index contributed by atoms with van der Waals surface area (Å²) in [4.78, 5) is 30.5. The highest BCUT2D eigenvalue weighted by atomic mass is 32.2. The number of carbonyl (C=O) groups is 2. The van der Waals surface area contributed by atoms with Crippen molar-refractivity contribution in [3.8, 4) is 0 Å². The van der Waals surface area contributed by atoms with Crippen molar-refractivity contribution in [1.29, 1.82) is 0 Å². The number of nitrogens with zero attached hydrogens (tertiary/aromatic N) is 2. The van der Waals surface area contributed by atoms with Crippen LogP contribution in [0.25, 0.3) is 0 Å². The van der Waals surface area contributed by atoms with Crippen LogP contribution in [0.5, 0.6) is 0 Å². The number of rotatable bonds is 5. The van der Waals surface area contributed by atoms with Crippen LogP contribution in [0.15, 0.2) is 23.4 Å². The Morgan fingerprint density at radius 3 is 2.95 bits per heavy atom. The van der Waals surface area contributed by atoms with E-state index in [0.29, 0.717) is 19.0 Å². The molecule has 2 rings (SSSR count). The number of nitrogens with one attached hydrogen (secondary N) is 1. The van der Waals surface area contributed by atoms with E-state index < -0.39 is 0 Å². The molecule has 0 fully saturated rings. The fourth-order valence-electron chi connectivity index (χ4n) is 2.17. The van der Waals surface area contributed by atoms with Crippen LogP contribution >= 0.6 is 11.8 Å². The molecule has 5 nitrogen and oxygen atoms in total. The minimum Gasteiger partial charge on any atom is -0.356 e. The van der Waals surface area contributed by atoms with E-state index in [1.54, 1.807) is 11.1 Å². The molecule has 0 aliphatic carbocycles. The summed E-state index contributed by atoms with van der Waals surface area (Å²) in [5, 5.41) is 3.29. The van der Waals surface area contributed by atoms with E-state index in [9.17, 15) is 9.59 Å². The molecule has 1 aromatic rings. The Hall–Kier alpha value is -1.56. The van der Waals surface area contributed by atoms with E-state index >= 15 is 0 Å². The summed E-state index contributed by atoms with van der Waals surface area (Å²) in [6, 6.07) is 3.72. The molecule has 0 saturated carbocycles. The summed E-state index contributed by atoms with van der Waals surface area (Å²) in [6.07, 6.45) is 1.91. The third-order valence-electron chi connectivity index (χ3n) is 3.23. The number of amides is 2. The zero-order valence-electron chi connectivity index (χ0n) is 12.6. The summed E-state index contributed by atoms with van der Waals surface area (Å²) in [5.74, 6) is 0.311. The Morgan fingerprint density at radius 1 is 1.52 bits per heavy atom. The van der Waals surface area contributed by atoms with Crippen LogP contribution in [0.3, 0.4) is 0 Å². The van der Waals surface area contributed by atoms with Gasteiger partial charge < -0.3 is 10.2 Å². The molecule has 1 aliphatic heterocycles. The maximum Gasteiger partial charge on any atom is 0.241 e. The summed E-state index contributed by atoms with van der Waals surface area (Å²) in [6.45, 7) is 7.24. The molecular weight excluding hydrogens is 286 g/mol. The molecule has 0 bridgehead atoms. The summed E-state index contributed by atoms with van der Waals surface area (Å²) in [7, 11) is 0. The summed E-state index contributed by atoms with van der Waals surface area (Å²) in [5.41, 5.74) is 0.842. The molecule has 114 valence electrons. The highest BCUT2D eigenvalue weighted by Gasteiger charge is 2.34. The molecule has 2 amide bonds. The van der Waals surface area contributed by atoms with Crippen LogP contribution in [0.4, 0.5) is 5.69 Å². The lowest BCUT2D eigenvalue weighted by Crippen LogP contribution is -2.43. The van der Waals surface area contributed by atoms with E-state index in [2.05, 4.69) is 10.3 Å². The maximum atomic E-state index is 12.5. The Balaban J connectivity index is 2.09. The normalized spacial score (nSPS) is 17.8. The Bertz CT molecular complexity index is 533. The van der Waals surface area contributed by atoms with Crippen molar-refractivity contribution in [2.75, 3.05) is 18.0 Å². The predicted octanol–water partition coefficient (Wildman–Crippen LogP) is 2.07. The second-order valence-electron chi connectivity index (χ2n) is 5.42. The largest absolute Gasteiger partial charge is 0.356 e. The van der Waals surface area contributed by atoms with Crippen LogP contribution in [-0.4, -0.2) is 35.1 Å².